The van der Waals surface area contributed by atoms with E-state index in [0.717, 1.165) is 44.0 Å². The summed E-state index contributed by atoms with van der Waals surface area (Å²) < 4.78 is 0. The first-order valence-corrected chi connectivity index (χ1v) is 10.9. The average Bonchev–Trinajstić information content (AvgIpc) is 2.69. The number of carbonyl (C=O) groups is 1. The molecule has 156 valence electrons. The molecular weight excluding hydrogens is 372 g/mol. The van der Waals surface area contributed by atoms with Crippen LogP contribution in [0.25, 0.3) is 0 Å². The summed E-state index contributed by atoms with van der Waals surface area (Å²) in [5.41, 5.74) is 1.64. The highest BCUT2D eigenvalue weighted by Crippen LogP contribution is 2.39. The van der Waals surface area contributed by atoms with Crippen molar-refractivity contribution in [1.82, 2.24) is 15.1 Å². The lowest BCUT2D eigenvalue weighted by Crippen LogP contribution is -2.48. The molecule has 2 amide bonds. The Morgan fingerprint density at radius 1 is 1.21 bits per heavy atom. The normalized spacial score (nSPS) is 26.1. The molecule has 0 aromatic heterocycles. The van der Waals surface area contributed by atoms with Crippen molar-refractivity contribution in [3.63, 3.8) is 0 Å². The smallest absolute Gasteiger partial charge is 0.317 e. The Balaban J connectivity index is 1.39. The molecule has 1 N–H and O–H groups in total. The van der Waals surface area contributed by atoms with E-state index < -0.39 is 0 Å². The van der Waals surface area contributed by atoms with E-state index in [1.165, 1.54) is 31.5 Å². The van der Waals surface area contributed by atoms with Gasteiger partial charge in [0.2, 0.25) is 0 Å². The van der Waals surface area contributed by atoms with Crippen molar-refractivity contribution in [1.29, 1.82) is 0 Å². The van der Waals surface area contributed by atoms with E-state index in [0.29, 0.717) is 11.5 Å². The van der Waals surface area contributed by atoms with Gasteiger partial charge in [-0.1, -0.05) is 24.6 Å². The number of halogens is 1. The van der Waals surface area contributed by atoms with Gasteiger partial charge >= 0.3 is 6.03 Å². The van der Waals surface area contributed by atoms with Gasteiger partial charge in [-0.05, 0) is 62.3 Å². The van der Waals surface area contributed by atoms with Gasteiger partial charge in [0.25, 0.3) is 0 Å². The summed E-state index contributed by atoms with van der Waals surface area (Å²) in [6, 6.07) is 8.54. The van der Waals surface area contributed by atoms with Crippen LogP contribution in [0.4, 0.5) is 10.5 Å². The number of rotatable bonds is 5. The van der Waals surface area contributed by atoms with Gasteiger partial charge in [-0.15, -0.1) is 0 Å². The third kappa shape index (κ3) is 5.77. The quantitative estimate of drug-likeness (QED) is 0.800. The van der Waals surface area contributed by atoms with E-state index in [1.54, 1.807) is 19.0 Å². The van der Waals surface area contributed by atoms with Crippen LogP contribution in [0.3, 0.4) is 0 Å². The van der Waals surface area contributed by atoms with Crippen LogP contribution in [-0.4, -0.2) is 68.7 Å². The summed E-state index contributed by atoms with van der Waals surface area (Å²) in [6.45, 7) is 7.97. The fraction of sp³-hybridized carbons (Fsp3) is 0.682. The molecule has 1 heterocycles. The van der Waals surface area contributed by atoms with E-state index in [1.807, 2.05) is 12.1 Å². The highest BCUT2D eigenvalue weighted by atomic mass is 35.5. The third-order valence-electron chi connectivity index (χ3n) is 6.50. The fourth-order valence-corrected chi connectivity index (χ4v) is 4.53. The first-order chi connectivity index (χ1) is 13.3. The van der Waals surface area contributed by atoms with Gasteiger partial charge in [0.1, 0.15) is 0 Å². The second kappa shape index (κ2) is 9.36. The molecule has 0 atom stereocenters. The fourth-order valence-electron chi connectivity index (χ4n) is 4.34. The Hall–Kier alpha value is -1.46. The number of nitrogens with one attached hydrogen (secondary N) is 1. The molecule has 0 radical (unpaired) electrons. The summed E-state index contributed by atoms with van der Waals surface area (Å²) in [5, 5.41) is 3.96. The predicted octanol–water partition coefficient (Wildman–Crippen LogP) is 4.07. The molecule has 1 saturated heterocycles. The molecule has 6 heteroatoms. The topological polar surface area (TPSA) is 38.8 Å². The van der Waals surface area contributed by atoms with Crippen LogP contribution >= 0.6 is 11.6 Å². The van der Waals surface area contributed by atoms with E-state index in [-0.39, 0.29) is 6.03 Å². The molecule has 0 spiro atoms. The number of anilines is 1. The number of piperazine rings is 1. The second-order valence-corrected chi connectivity index (χ2v) is 9.42. The van der Waals surface area contributed by atoms with Gasteiger partial charge in [-0.2, -0.15) is 0 Å². The molecule has 1 saturated carbocycles. The lowest BCUT2D eigenvalue weighted by Gasteiger charge is -2.41. The van der Waals surface area contributed by atoms with Crippen LogP contribution < -0.4 is 10.2 Å². The Morgan fingerprint density at radius 3 is 2.50 bits per heavy atom. The number of hydrogen-bond donors (Lipinski definition) is 1. The van der Waals surface area contributed by atoms with Crippen molar-refractivity contribution in [2.45, 2.75) is 45.1 Å². The van der Waals surface area contributed by atoms with Crippen molar-refractivity contribution in [3.8, 4) is 0 Å². The molecule has 28 heavy (non-hydrogen) atoms. The highest BCUT2D eigenvalue weighted by Gasteiger charge is 2.32. The number of carbonyl (C=O) groups excluding carboxylic acids is 1. The lowest BCUT2D eigenvalue weighted by molar-refractivity contribution is 0.136. The molecule has 2 fully saturated rings. The summed E-state index contributed by atoms with van der Waals surface area (Å²) >= 11 is 6.13. The van der Waals surface area contributed by atoms with Crippen molar-refractivity contribution >= 4 is 23.3 Å². The second-order valence-electron chi connectivity index (χ2n) is 8.99. The van der Waals surface area contributed by atoms with Gasteiger partial charge in [-0.3, -0.25) is 4.90 Å². The maximum absolute atomic E-state index is 11.8. The molecule has 5 nitrogen and oxygen atoms in total. The van der Waals surface area contributed by atoms with E-state index in [4.69, 9.17) is 11.6 Å². The number of benzene rings is 1. The molecule has 0 bridgehead atoms. The minimum absolute atomic E-state index is 0.0335. The predicted molar refractivity (Wildman–Crippen MR) is 117 cm³/mol. The van der Waals surface area contributed by atoms with E-state index in [9.17, 15) is 4.79 Å². The van der Waals surface area contributed by atoms with Gasteiger partial charge < -0.3 is 15.1 Å². The molecule has 1 aromatic rings. The van der Waals surface area contributed by atoms with E-state index >= 15 is 0 Å². The zero-order valence-corrected chi connectivity index (χ0v) is 18.3. The molecule has 1 aliphatic carbocycles. The molecule has 1 aromatic carbocycles. The number of hydrogen-bond acceptors (Lipinski definition) is 3. The molecule has 0 unspecified atom stereocenters. The first-order valence-electron chi connectivity index (χ1n) is 10.6. The Morgan fingerprint density at radius 2 is 1.89 bits per heavy atom. The maximum Gasteiger partial charge on any atom is 0.317 e. The van der Waals surface area contributed by atoms with Crippen LogP contribution in [0, 0.1) is 5.41 Å². The van der Waals surface area contributed by atoms with Gasteiger partial charge in [0.05, 0.1) is 0 Å². The highest BCUT2D eigenvalue weighted by molar-refractivity contribution is 6.30. The Bertz CT molecular complexity index is 650. The van der Waals surface area contributed by atoms with Crippen molar-refractivity contribution < 1.29 is 4.79 Å². The molecule has 1 aliphatic heterocycles. The zero-order valence-electron chi connectivity index (χ0n) is 17.6. The van der Waals surface area contributed by atoms with Gasteiger partial charge in [0, 0.05) is 57.0 Å². The largest absolute Gasteiger partial charge is 0.369 e. The summed E-state index contributed by atoms with van der Waals surface area (Å²) in [4.78, 5) is 18.5. The van der Waals surface area contributed by atoms with Crippen molar-refractivity contribution in [3.05, 3.63) is 29.3 Å². The lowest BCUT2D eigenvalue weighted by atomic mass is 9.72. The Kier molecular flexibility index (Phi) is 7.10. The number of urea groups is 1. The minimum Gasteiger partial charge on any atom is -0.369 e. The molecule has 2 aliphatic rings. The monoisotopic (exact) mass is 406 g/mol. The summed E-state index contributed by atoms with van der Waals surface area (Å²) in [6.07, 6.45) is 5.84. The van der Waals surface area contributed by atoms with Crippen LogP contribution in [0.1, 0.15) is 39.0 Å². The van der Waals surface area contributed by atoms with Crippen molar-refractivity contribution in [2.75, 3.05) is 51.7 Å². The van der Waals surface area contributed by atoms with E-state index in [2.05, 4.69) is 34.2 Å². The maximum atomic E-state index is 11.8. The zero-order chi connectivity index (χ0) is 20.1. The van der Waals surface area contributed by atoms with Crippen LogP contribution in [0.2, 0.25) is 5.02 Å². The SMILES string of the molecule is CN(C)C(=O)NC1CCC(C)(CCN2CCN(c3cccc(Cl)c3)CC2)CC1. The van der Waals surface area contributed by atoms with Gasteiger partial charge in [-0.25, -0.2) is 4.79 Å². The van der Waals surface area contributed by atoms with Gasteiger partial charge in [0.15, 0.2) is 0 Å². The minimum atomic E-state index is 0.0335. The standard InChI is InChI=1S/C22H35ClN4O/c1-22(9-7-19(8-10-22)24-21(28)25(2)3)11-12-26-13-15-27(16-14-26)20-6-4-5-18(23)17-20/h4-6,17,19H,7-16H2,1-3H3,(H,24,28). The summed E-state index contributed by atoms with van der Waals surface area (Å²) in [5.74, 6) is 0. The first kappa shape index (κ1) is 21.3. The average molecular weight is 407 g/mol. The number of nitrogens with zero attached hydrogens (tertiary/aromatic N) is 3. The molecule has 3 rings (SSSR count). The number of amides is 2. The molecular formula is C22H35ClN4O. The van der Waals surface area contributed by atoms with Crippen LogP contribution in [0.5, 0.6) is 0 Å². The summed E-state index contributed by atoms with van der Waals surface area (Å²) in [7, 11) is 3.60. The van der Waals surface area contributed by atoms with Crippen LogP contribution in [-0.2, 0) is 0 Å². The van der Waals surface area contributed by atoms with Crippen molar-refractivity contribution in [2.24, 2.45) is 5.41 Å². The third-order valence-corrected chi connectivity index (χ3v) is 6.74. The Labute approximate surface area is 175 Å². The van der Waals surface area contributed by atoms with Crippen LogP contribution in [0.15, 0.2) is 24.3 Å².